The molecule has 0 unspecified atom stereocenters. The summed E-state index contributed by atoms with van der Waals surface area (Å²) in [5, 5.41) is 4.03. The molecule has 0 N–H and O–H groups in total. The van der Waals surface area contributed by atoms with Gasteiger partial charge in [-0.05, 0) is 38.4 Å². The van der Waals surface area contributed by atoms with Crippen LogP contribution >= 0.6 is 0 Å². The van der Waals surface area contributed by atoms with E-state index >= 15 is 0 Å². The first-order valence-electron chi connectivity index (χ1n) is 7.15. The van der Waals surface area contributed by atoms with Crippen molar-refractivity contribution in [1.82, 2.24) is 9.96 Å². The molecular weight excluding hydrogens is 238 g/mol. The number of hydrogen-bond donors (Lipinski definition) is 0. The number of rotatable bonds is 5. The van der Waals surface area contributed by atoms with E-state index in [4.69, 9.17) is 4.84 Å². The highest BCUT2D eigenvalue weighted by Gasteiger charge is 2.10. The van der Waals surface area contributed by atoms with Crippen LogP contribution in [-0.2, 0) is 4.84 Å². The van der Waals surface area contributed by atoms with E-state index in [1.165, 1.54) is 25.9 Å². The average Bonchev–Trinajstić information content (AvgIpc) is 2.97. The third-order valence-corrected chi connectivity index (χ3v) is 3.67. The zero-order valence-electron chi connectivity index (χ0n) is 11.3. The predicted molar refractivity (Wildman–Crippen MR) is 74.6 cm³/mol. The van der Waals surface area contributed by atoms with E-state index < -0.39 is 0 Å². The van der Waals surface area contributed by atoms with Gasteiger partial charge in [0, 0.05) is 18.0 Å². The molecule has 2 heterocycles. The number of fused-ring (bicyclic) bond motifs is 1. The smallest absolute Gasteiger partial charge is 0.135 e. The van der Waals surface area contributed by atoms with Gasteiger partial charge >= 0.3 is 0 Å². The monoisotopic (exact) mass is 259 g/mol. The van der Waals surface area contributed by atoms with Crippen LogP contribution in [0.15, 0.2) is 29.3 Å². The molecule has 102 valence electrons. The van der Waals surface area contributed by atoms with Crippen LogP contribution in [0.4, 0.5) is 0 Å². The van der Waals surface area contributed by atoms with E-state index in [-0.39, 0.29) is 0 Å². The third-order valence-electron chi connectivity index (χ3n) is 3.67. The van der Waals surface area contributed by atoms with Crippen LogP contribution in [-0.4, -0.2) is 42.9 Å². The predicted octanol–water partition coefficient (Wildman–Crippen LogP) is 0.735. The lowest BCUT2D eigenvalue weighted by molar-refractivity contribution is -0.106. The molecule has 3 rings (SSSR count). The molecule has 1 fully saturated rings. The Bertz CT molecular complexity index is 522. The Morgan fingerprint density at radius 3 is 2.89 bits per heavy atom. The largest absolute Gasteiger partial charge is 0.303 e. The molecule has 19 heavy (non-hydrogen) atoms. The molecule has 2 aliphatic heterocycles. The lowest BCUT2D eigenvalue weighted by atomic mass is 10.3. The van der Waals surface area contributed by atoms with Crippen LogP contribution in [0.1, 0.15) is 19.3 Å². The van der Waals surface area contributed by atoms with Gasteiger partial charge in [-0.3, -0.25) is 9.83 Å². The molecule has 0 saturated carbocycles. The fourth-order valence-electron chi connectivity index (χ4n) is 2.64. The fourth-order valence-corrected chi connectivity index (χ4v) is 2.64. The normalized spacial score (nSPS) is 18.8. The minimum absolute atomic E-state index is 0.598. The first kappa shape index (κ1) is 12.6. The van der Waals surface area contributed by atoms with E-state index in [1.807, 2.05) is 29.5 Å². The Labute approximate surface area is 113 Å². The van der Waals surface area contributed by atoms with Crippen LogP contribution in [0, 0.1) is 0 Å². The molecule has 0 aliphatic carbocycles. The second-order valence-electron chi connectivity index (χ2n) is 5.14. The van der Waals surface area contributed by atoms with Crippen LogP contribution in [0.2, 0.25) is 0 Å². The van der Waals surface area contributed by atoms with Gasteiger partial charge in [-0.25, -0.2) is 5.06 Å². The maximum atomic E-state index is 5.76. The van der Waals surface area contributed by atoms with Crippen molar-refractivity contribution < 1.29 is 4.84 Å². The summed E-state index contributed by atoms with van der Waals surface area (Å²) in [6, 6.07) is 8.15. The Morgan fingerprint density at radius 1 is 1.16 bits per heavy atom. The van der Waals surface area contributed by atoms with Crippen LogP contribution in [0.5, 0.6) is 0 Å². The molecular formula is C15H21N3O. The van der Waals surface area contributed by atoms with E-state index in [2.05, 4.69) is 16.0 Å². The first-order chi connectivity index (χ1) is 9.42. The highest BCUT2D eigenvalue weighted by molar-refractivity contribution is 5.22. The molecule has 1 aromatic rings. The summed E-state index contributed by atoms with van der Waals surface area (Å²) >= 11 is 0. The van der Waals surface area contributed by atoms with Crippen molar-refractivity contribution in [3.63, 3.8) is 0 Å². The van der Waals surface area contributed by atoms with Crippen molar-refractivity contribution in [2.24, 2.45) is 4.99 Å². The Balaban J connectivity index is 1.45. The van der Waals surface area contributed by atoms with Gasteiger partial charge in [-0.1, -0.05) is 18.2 Å². The Kier molecular flexibility index (Phi) is 4.10. The summed E-state index contributed by atoms with van der Waals surface area (Å²) < 4.78 is 0. The standard InChI is InChI=1S/C15H21N3O/c1-2-7-15-14(6-1)12-18(13-16-15)19-11-5-10-17-8-3-4-9-17/h1-2,6-7,12H,3-5,8-11,13H2. The number of hydroxylamine groups is 2. The van der Waals surface area contributed by atoms with Gasteiger partial charge in [-0.2, -0.15) is 0 Å². The fraction of sp³-hybridized carbons (Fsp3) is 0.533. The first-order valence-corrected chi connectivity index (χ1v) is 7.15. The van der Waals surface area contributed by atoms with Gasteiger partial charge < -0.3 is 4.90 Å². The Hall–Kier alpha value is -1.39. The molecule has 4 nitrogen and oxygen atoms in total. The third kappa shape index (κ3) is 3.33. The van der Waals surface area contributed by atoms with Crippen molar-refractivity contribution in [3.05, 3.63) is 34.8 Å². The summed E-state index contributed by atoms with van der Waals surface area (Å²) in [5.41, 5.74) is 0. The molecule has 0 bridgehead atoms. The second-order valence-corrected chi connectivity index (χ2v) is 5.14. The van der Waals surface area contributed by atoms with Gasteiger partial charge in [-0.15, -0.1) is 0 Å². The van der Waals surface area contributed by atoms with E-state index in [1.54, 1.807) is 0 Å². The van der Waals surface area contributed by atoms with Crippen molar-refractivity contribution in [2.45, 2.75) is 19.3 Å². The van der Waals surface area contributed by atoms with Gasteiger partial charge in [0.25, 0.3) is 0 Å². The molecule has 0 aromatic heterocycles. The number of likely N-dealkylation sites (tertiary alicyclic amines) is 1. The molecule has 0 spiro atoms. The van der Waals surface area contributed by atoms with Crippen molar-refractivity contribution in [1.29, 1.82) is 0 Å². The summed E-state index contributed by atoms with van der Waals surface area (Å²) in [4.78, 5) is 12.8. The minimum atomic E-state index is 0.598. The molecule has 1 saturated heterocycles. The molecule has 0 amide bonds. The van der Waals surface area contributed by atoms with Gasteiger partial charge in [0.15, 0.2) is 0 Å². The van der Waals surface area contributed by atoms with Crippen LogP contribution in [0.3, 0.4) is 0 Å². The molecule has 0 atom stereocenters. The van der Waals surface area contributed by atoms with E-state index in [0.29, 0.717) is 6.67 Å². The van der Waals surface area contributed by atoms with Crippen LogP contribution in [0.25, 0.3) is 6.20 Å². The summed E-state index contributed by atoms with van der Waals surface area (Å²) in [7, 11) is 0. The number of nitrogens with zero attached hydrogens (tertiary/aromatic N) is 3. The second kappa shape index (κ2) is 6.17. The minimum Gasteiger partial charge on any atom is -0.303 e. The topological polar surface area (TPSA) is 28.1 Å². The zero-order chi connectivity index (χ0) is 12.9. The van der Waals surface area contributed by atoms with Crippen molar-refractivity contribution in [2.75, 3.05) is 32.9 Å². The quantitative estimate of drug-likeness (QED) is 0.730. The number of benzene rings is 1. The highest BCUT2D eigenvalue weighted by Crippen LogP contribution is 2.07. The highest BCUT2D eigenvalue weighted by atomic mass is 16.7. The van der Waals surface area contributed by atoms with Crippen molar-refractivity contribution >= 4 is 6.20 Å². The van der Waals surface area contributed by atoms with Gasteiger partial charge in [0.2, 0.25) is 0 Å². The zero-order valence-corrected chi connectivity index (χ0v) is 11.3. The molecule has 2 aliphatic rings. The Morgan fingerprint density at radius 2 is 2.00 bits per heavy atom. The van der Waals surface area contributed by atoms with E-state index in [9.17, 15) is 0 Å². The maximum absolute atomic E-state index is 5.76. The molecule has 0 radical (unpaired) electrons. The molecule has 4 heteroatoms. The molecule has 1 aromatic carbocycles. The summed E-state index contributed by atoms with van der Waals surface area (Å²) in [5.74, 6) is 0. The van der Waals surface area contributed by atoms with Gasteiger partial charge in [0.1, 0.15) is 6.67 Å². The van der Waals surface area contributed by atoms with E-state index in [0.717, 1.165) is 30.1 Å². The summed E-state index contributed by atoms with van der Waals surface area (Å²) in [6.45, 7) is 5.05. The average molecular weight is 259 g/mol. The number of para-hydroxylation sites is 1. The number of hydrogen-bond acceptors (Lipinski definition) is 4. The van der Waals surface area contributed by atoms with Gasteiger partial charge in [0.05, 0.1) is 12.0 Å². The van der Waals surface area contributed by atoms with Crippen LogP contribution < -0.4 is 10.6 Å². The lowest BCUT2D eigenvalue weighted by Gasteiger charge is -2.21. The van der Waals surface area contributed by atoms with Crippen molar-refractivity contribution in [3.8, 4) is 0 Å². The summed E-state index contributed by atoms with van der Waals surface area (Å²) in [6.07, 6.45) is 5.84. The maximum Gasteiger partial charge on any atom is 0.135 e. The lowest BCUT2D eigenvalue weighted by Crippen LogP contribution is -2.36. The SMILES string of the molecule is C1=c2ccccc2=NCN1OCCCN1CCCC1.